The Labute approximate surface area is 127 Å². The molecule has 0 fully saturated rings. The molecular formula is C15H27NO2S2. The number of rotatable bonds is 11. The van der Waals surface area contributed by atoms with Crippen molar-refractivity contribution in [1.29, 1.82) is 0 Å². The summed E-state index contributed by atoms with van der Waals surface area (Å²) >= 11 is 1.81. The second kappa shape index (κ2) is 9.53. The summed E-state index contributed by atoms with van der Waals surface area (Å²) in [5.41, 5.74) is 0. The molecule has 116 valence electrons. The van der Waals surface area contributed by atoms with Crippen LogP contribution >= 0.6 is 11.3 Å². The first-order valence-electron chi connectivity index (χ1n) is 7.44. The zero-order valence-electron chi connectivity index (χ0n) is 12.6. The summed E-state index contributed by atoms with van der Waals surface area (Å²) in [5, 5.41) is 5.66. The van der Waals surface area contributed by atoms with Crippen LogP contribution in [0.3, 0.4) is 0 Å². The molecule has 0 saturated heterocycles. The minimum atomic E-state index is -2.82. The van der Waals surface area contributed by atoms with Crippen molar-refractivity contribution in [2.24, 2.45) is 0 Å². The van der Waals surface area contributed by atoms with Crippen LogP contribution < -0.4 is 5.32 Å². The molecule has 1 rings (SSSR count). The van der Waals surface area contributed by atoms with Crippen molar-refractivity contribution in [2.45, 2.75) is 51.5 Å². The number of thiophene rings is 1. The van der Waals surface area contributed by atoms with E-state index in [1.807, 2.05) is 11.3 Å². The fourth-order valence-corrected chi connectivity index (χ4v) is 3.71. The van der Waals surface area contributed by atoms with E-state index < -0.39 is 9.84 Å². The van der Waals surface area contributed by atoms with Gasteiger partial charge in [0.2, 0.25) is 0 Å². The van der Waals surface area contributed by atoms with Crippen LogP contribution in [0.15, 0.2) is 17.5 Å². The van der Waals surface area contributed by atoms with Crippen molar-refractivity contribution in [1.82, 2.24) is 5.32 Å². The SMILES string of the molecule is CCCNC(CCCc1cccs1)CCCS(C)(=O)=O. The number of sulfone groups is 1. The van der Waals surface area contributed by atoms with E-state index in [9.17, 15) is 8.42 Å². The summed E-state index contributed by atoms with van der Waals surface area (Å²) in [7, 11) is -2.82. The maximum absolute atomic E-state index is 11.2. The summed E-state index contributed by atoms with van der Waals surface area (Å²) in [6.07, 6.45) is 7.58. The molecule has 1 N–H and O–H groups in total. The molecule has 20 heavy (non-hydrogen) atoms. The Morgan fingerprint density at radius 3 is 2.65 bits per heavy atom. The van der Waals surface area contributed by atoms with Crippen LogP contribution in [-0.2, 0) is 16.3 Å². The molecule has 0 aromatic carbocycles. The molecule has 1 aromatic heterocycles. The van der Waals surface area contributed by atoms with Crippen LogP contribution in [0, 0.1) is 0 Å². The van der Waals surface area contributed by atoms with Gasteiger partial charge in [0.05, 0.1) is 0 Å². The monoisotopic (exact) mass is 317 g/mol. The van der Waals surface area contributed by atoms with E-state index in [4.69, 9.17) is 0 Å². The summed E-state index contributed by atoms with van der Waals surface area (Å²) < 4.78 is 22.4. The van der Waals surface area contributed by atoms with Gasteiger partial charge in [-0.05, 0) is 56.5 Å². The van der Waals surface area contributed by atoms with Gasteiger partial charge in [0.15, 0.2) is 0 Å². The van der Waals surface area contributed by atoms with Crippen molar-refractivity contribution < 1.29 is 8.42 Å². The van der Waals surface area contributed by atoms with Crippen molar-refractivity contribution in [3.05, 3.63) is 22.4 Å². The smallest absolute Gasteiger partial charge is 0.147 e. The zero-order chi connectivity index (χ0) is 14.8. The highest BCUT2D eigenvalue weighted by Gasteiger charge is 2.10. The maximum atomic E-state index is 11.2. The first kappa shape index (κ1) is 17.7. The molecular weight excluding hydrogens is 290 g/mol. The average molecular weight is 318 g/mol. The number of hydrogen-bond acceptors (Lipinski definition) is 4. The summed E-state index contributed by atoms with van der Waals surface area (Å²) in [5.74, 6) is 0.308. The van der Waals surface area contributed by atoms with Crippen molar-refractivity contribution in [3.8, 4) is 0 Å². The Bertz CT molecular complexity index is 440. The van der Waals surface area contributed by atoms with Gasteiger partial charge in [-0.3, -0.25) is 0 Å². The Morgan fingerprint density at radius 2 is 2.05 bits per heavy atom. The van der Waals surface area contributed by atoms with Crippen LogP contribution in [0.2, 0.25) is 0 Å². The van der Waals surface area contributed by atoms with Gasteiger partial charge in [-0.15, -0.1) is 11.3 Å². The van der Waals surface area contributed by atoms with Crippen molar-refractivity contribution in [2.75, 3.05) is 18.6 Å². The Morgan fingerprint density at radius 1 is 1.30 bits per heavy atom. The van der Waals surface area contributed by atoms with Gasteiger partial charge in [0.1, 0.15) is 9.84 Å². The van der Waals surface area contributed by atoms with Gasteiger partial charge in [-0.25, -0.2) is 8.42 Å². The third-order valence-corrected chi connectivity index (χ3v) is 5.27. The Hall–Kier alpha value is -0.390. The largest absolute Gasteiger partial charge is 0.314 e. The van der Waals surface area contributed by atoms with Gasteiger partial charge in [-0.1, -0.05) is 13.0 Å². The first-order valence-corrected chi connectivity index (χ1v) is 10.4. The second-order valence-corrected chi connectivity index (χ2v) is 8.69. The second-order valence-electron chi connectivity index (χ2n) is 5.39. The summed E-state index contributed by atoms with van der Waals surface area (Å²) in [6, 6.07) is 4.73. The van der Waals surface area contributed by atoms with Crippen LogP contribution in [-0.4, -0.2) is 33.0 Å². The lowest BCUT2D eigenvalue weighted by Crippen LogP contribution is -2.30. The quantitative estimate of drug-likeness (QED) is 0.681. The molecule has 0 spiro atoms. The predicted molar refractivity (Wildman–Crippen MR) is 88.3 cm³/mol. The van der Waals surface area contributed by atoms with E-state index in [1.165, 1.54) is 17.6 Å². The summed E-state index contributed by atoms with van der Waals surface area (Å²) in [4.78, 5) is 1.44. The minimum Gasteiger partial charge on any atom is -0.314 e. The highest BCUT2D eigenvalue weighted by Crippen LogP contribution is 2.14. The molecule has 5 heteroatoms. The van der Waals surface area contributed by atoms with E-state index >= 15 is 0 Å². The van der Waals surface area contributed by atoms with Gasteiger partial charge >= 0.3 is 0 Å². The molecule has 1 heterocycles. The normalized spacial score (nSPS) is 13.5. The maximum Gasteiger partial charge on any atom is 0.147 e. The van der Waals surface area contributed by atoms with E-state index in [0.717, 1.165) is 38.6 Å². The summed E-state index contributed by atoms with van der Waals surface area (Å²) in [6.45, 7) is 3.18. The lowest BCUT2D eigenvalue weighted by Gasteiger charge is -2.18. The van der Waals surface area contributed by atoms with Gasteiger partial charge in [0.25, 0.3) is 0 Å². The van der Waals surface area contributed by atoms with Crippen molar-refractivity contribution >= 4 is 21.2 Å². The molecule has 1 atom stereocenters. The third kappa shape index (κ3) is 8.72. The molecule has 0 saturated carbocycles. The average Bonchev–Trinajstić information content (AvgIpc) is 2.87. The van der Waals surface area contributed by atoms with Gasteiger partial charge in [-0.2, -0.15) is 0 Å². The lowest BCUT2D eigenvalue weighted by atomic mass is 10.0. The lowest BCUT2D eigenvalue weighted by molar-refractivity contribution is 0.438. The van der Waals surface area contributed by atoms with E-state index in [2.05, 4.69) is 29.8 Å². The molecule has 0 amide bonds. The number of hydrogen-bond donors (Lipinski definition) is 1. The van der Waals surface area contributed by atoms with Crippen molar-refractivity contribution in [3.63, 3.8) is 0 Å². The molecule has 0 bridgehead atoms. The zero-order valence-corrected chi connectivity index (χ0v) is 14.2. The van der Waals surface area contributed by atoms with Crippen LogP contribution in [0.5, 0.6) is 0 Å². The predicted octanol–water partition coefficient (Wildman–Crippen LogP) is 3.26. The molecule has 0 aliphatic heterocycles. The molecule has 0 aliphatic rings. The van der Waals surface area contributed by atoms with Crippen LogP contribution in [0.25, 0.3) is 0 Å². The molecule has 1 unspecified atom stereocenters. The topological polar surface area (TPSA) is 46.2 Å². The number of aryl methyl sites for hydroxylation is 1. The Balaban J connectivity index is 2.27. The first-order chi connectivity index (χ1) is 9.51. The third-order valence-electron chi connectivity index (χ3n) is 3.31. The number of nitrogens with one attached hydrogen (secondary N) is 1. The highest BCUT2D eigenvalue weighted by atomic mass is 32.2. The highest BCUT2D eigenvalue weighted by molar-refractivity contribution is 7.90. The van der Waals surface area contributed by atoms with E-state index in [-0.39, 0.29) is 0 Å². The fourth-order valence-electron chi connectivity index (χ4n) is 2.27. The Kier molecular flexibility index (Phi) is 8.41. The van der Waals surface area contributed by atoms with E-state index in [1.54, 1.807) is 0 Å². The van der Waals surface area contributed by atoms with Gasteiger partial charge < -0.3 is 5.32 Å². The standard InChI is InChI=1S/C15H27NO2S2/c1-3-11-16-14(8-6-13-20(2,17)18)7-4-9-15-10-5-12-19-15/h5,10,12,14,16H,3-4,6-9,11,13H2,1-2H3. The van der Waals surface area contributed by atoms with Crippen LogP contribution in [0.4, 0.5) is 0 Å². The molecule has 0 aliphatic carbocycles. The molecule has 1 aromatic rings. The fraction of sp³-hybridized carbons (Fsp3) is 0.733. The minimum absolute atomic E-state index is 0.308. The molecule has 3 nitrogen and oxygen atoms in total. The van der Waals surface area contributed by atoms with Gasteiger partial charge in [0, 0.05) is 22.9 Å². The molecule has 0 radical (unpaired) electrons. The van der Waals surface area contributed by atoms with Crippen LogP contribution in [0.1, 0.15) is 43.9 Å². The van der Waals surface area contributed by atoms with E-state index in [0.29, 0.717) is 11.8 Å².